The molecule has 1 aromatic carbocycles. The molecule has 0 radical (unpaired) electrons. The molecule has 2 unspecified atom stereocenters. The highest BCUT2D eigenvalue weighted by molar-refractivity contribution is 7.17. The van der Waals surface area contributed by atoms with Crippen LogP contribution in [0.25, 0.3) is 10.1 Å². The lowest BCUT2D eigenvalue weighted by Gasteiger charge is -2.19. The maximum atomic E-state index is 10.2. The zero-order valence-corrected chi connectivity index (χ0v) is 10.4. The van der Waals surface area contributed by atoms with Crippen molar-refractivity contribution in [3.05, 3.63) is 35.2 Å². The maximum Gasteiger partial charge on any atom is 0.0940 e. The molecular formula is C13H17NOS. The molecule has 0 spiro atoms. The SMILES string of the molecule is CCNC(C)C(O)c1ccc2ccsc2c1. The van der Waals surface area contributed by atoms with Crippen LogP contribution in [0.1, 0.15) is 25.5 Å². The summed E-state index contributed by atoms with van der Waals surface area (Å²) in [7, 11) is 0. The lowest BCUT2D eigenvalue weighted by molar-refractivity contribution is 0.137. The molecule has 16 heavy (non-hydrogen) atoms. The van der Waals surface area contributed by atoms with Crippen LogP contribution in [0.2, 0.25) is 0 Å². The van der Waals surface area contributed by atoms with E-state index in [0.29, 0.717) is 0 Å². The molecule has 2 aromatic rings. The predicted molar refractivity (Wildman–Crippen MR) is 69.9 cm³/mol. The molecule has 0 fully saturated rings. The number of fused-ring (bicyclic) bond motifs is 1. The maximum absolute atomic E-state index is 10.2. The molecule has 1 heterocycles. The van der Waals surface area contributed by atoms with Gasteiger partial charge in [-0.2, -0.15) is 0 Å². The molecule has 0 saturated carbocycles. The third-order valence-electron chi connectivity index (χ3n) is 2.82. The Bertz CT molecular complexity index is 466. The lowest BCUT2D eigenvalue weighted by Crippen LogP contribution is -2.31. The molecule has 1 aromatic heterocycles. The van der Waals surface area contributed by atoms with E-state index < -0.39 is 6.10 Å². The number of aliphatic hydroxyl groups is 1. The molecule has 0 bridgehead atoms. The number of nitrogens with one attached hydrogen (secondary N) is 1. The van der Waals surface area contributed by atoms with Crippen molar-refractivity contribution < 1.29 is 5.11 Å². The Kier molecular flexibility index (Phi) is 3.59. The summed E-state index contributed by atoms with van der Waals surface area (Å²) in [5.74, 6) is 0. The minimum Gasteiger partial charge on any atom is -0.387 e. The summed E-state index contributed by atoms with van der Waals surface area (Å²) in [6.07, 6.45) is -0.438. The van der Waals surface area contributed by atoms with Crippen LogP contribution in [-0.4, -0.2) is 17.7 Å². The number of benzene rings is 1. The van der Waals surface area contributed by atoms with Gasteiger partial charge in [-0.1, -0.05) is 19.1 Å². The van der Waals surface area contributed by atoms with Crippen molar-refractivity contribution in [2.45, 2.75) is 26.0 Å². The molecule has 0 aliphatic heterocycles. The second-order valence-corrected chi connectivity index (χ2v) is 4.96. The highest BCUT2D eigenvalue weighted by Crippen LogP contribution is 2.26. The van der Waals surface area contributed by atoms with Gasteiger partial charge in [0.25, 0.3) is 0 Å². The van der Waals surface area contributed by atoms with E-state index in [1.807, 2.05) is 19.9 Å². The number of rotatable bonds is 4. The van der Waals surface area contributed by atoms with Crippen molar-refractivity contribution in [2.24, 2.45) is 0 Å². The van der Waals surface area contributed by atoms with Gasteiger partial charge in [0.1, 0.15) is 0 Å². The number of aliphatic hydroxyl groups excluding tert-OH is 1. The van der Waals surface area contributed by atoms with Crippen LogP contribution < -0.4 is 5.32 Å². The van der Waals surface area contributed by atoms with Crippen molar-refractivity contribution in [1.82, 2.24) is 5.32 Å². The van der Waals surface area contributed by atoms with E-state index in [-0.39, 0.29) is 6.04 Å². The van der Waals surface area contributed by atoms with Crippen LogP contribution in [0.3, 0.4) is 0 Å². The second-order valence-electron chi connectivity index (χ2n) is 4.01. The quantitative estimate of drug-likeness (QED) is 0.854. The summed E-state index contributed by atoms with van der Waals surface area (Å²) in [5.41, 5.74) is 0.989. The van der Waals surface area contributed by atoms with Gasteiger partial charge in [0, 0.05) is 10.7 Å². The first-order valence-corrected chi connectivity index (χ1v) is 6.49. The van der Waals surface area contributed by atoms with Crippen molar-refractivity contribution in [3.8, 4) is 0 Å². The zero-order chi connectivity index (χ0) is 11.5. The third kappa shape index (κ3) is 2.26. The van der Waals surface area contributed by atoms with Gasteiger partial charge in [-0.3, -0.25) is 0 Å². The van der Waals surface area contributed by atoms with Gasteiger partial charge in [-0.15, -0.1) is 11.3 Å². The molecule has 2 atom stereocenters. The van der Waals surface area contributed by atoms with E-state index in [9.17, 15) is 5.11 Å². The van der Waals surface area contributed by atoms with Crippen LogP contribution in [-0.2, 0) is 0 Å². The van der Waals surface area contributed by atoms with Crippen LogP contribution in [0, 0.1) is 0 Å². The Balaban J connectivity index is 2.24. The number of thiophene rings is 1. The third-order valence-corrected chi connectivity index (χ3v) is 3.70. The fourth-order valence-electron chi connectivity index (χ4n) is 1.88. The zero-order valence-electron chi connectivity index (χ0n) is 9.60. The number of hydrogen-bond acceptors (Lipinski definition) is 3. The van der Waals surface area contributed by atoms with E-state index >= 15 is 0 Å². The lowest BCUT2D eigenvalue weighted by atomic mass is 10.0. The Morgan fingerprint density at radius 3 is 2.94 bits per heavy atom. The summed E-state index contributed by atoms with van der Waals surface area (Å²) in [6.45, 7) is 4.93. The molecule has 3 heteroatoms. The second kappa shape index (κ2) is 4.95. The molecule has 2 nitrogen and oxygen atoms in total. The summed E-state index contributed by atoms with van der Waals surface area (Å²) in [5, 5.41) is 16.7. The van der Waals surface area contributed by atoms with Crippen LogP contribution in [0.5, 0.6) is 0 Å². The average Bonchev–Trinajstić information content (AvgIpc) is 2.75. The smallest absolute Gasteiger partial charge is 0.0940 e. The van der Waals surface area contributed by atoms with E-state index in [1.54, 1.807) is 11.3 Å². The van der Waals surface area contributed by atoms with Gasteiger partial charge < -0.3 is 10.4 Å². The molecule has 0 aliphatic carbocycles. The highest BCUT2D eigenvalue weighted by atomic mass is 32.1. The predicted octanol–water partition coefficient (Wildman–Crippen LogP) is 2.93. The van der Waals surface area contributed by atoms with E-state index in [4.69, 9.17) is 0 Å². The van der Waals surface area contributed by atoms with Crippen LogP contribution >= 0.6 is 11.3 Å². The normalized spacial score (nSPS) is 15.2. The van der Waals surface area contributed by atoms with E-state index in [2.05, 4.69) is 28.9 Å². The fourth-order valence-corrected chi connectivity index (χ4v) is 2.72. The van der Waals surface area contributed by atoms with Gasteiger partial charge in [-0.25, -0.2) is 0 Å². The van der Waals surface area contributed by atoms with Crippen LogP contribution in [0.15, 0.2) is 29.6 Å². The minimum absolute atomic E-state index is 0.0856. The summed E-state index contributed by atoms with van der Waals surface area (Å²) in [4.78, 5) is 0. The van der Waals surface area contributed by atoms with E-state index in [0.717, 1.165) is 12.1 Å². The van der Waals surface area contributed by atoms with Gasteiger partial charge in [0.15, 0.2) is 0 Å². The Morgan fingerprint density at radius 2 is 2.19 bits per heavy atom. The minimum atomic E-state index is -0.438. The number of likely N-dealkylation sites (N-methyl/N-ethyl adjacent to an activating group) is 1. The van der Waals surface area contributed by atoms with Gasteiger partial charge in [-0.05, 0) is 41.9 Å². The standard InChI is InChI=1S/C13H17NOS/c1-3-14-9(2)13(15)11-5-4-10-6-7-16-12(10)8-11/h4-9,13-15H,3H2,1-2H3. The topological polar surface area (TPSA) is 32.3 Å². The first-order valence-electron chi connectivity index (χ1n) is 5.61. The first kappa shape index (κ1) is 11.6. The molecule has 2 rings (SSSR count). The van der Waals surface area contributed by atoms with Crippen molar-refractivity contribution >= 4 is 21.4 Å². The molecule has 0 saturated heterocycles. The number of hydrogen-bond donors (Lipinski definition) is 2. The van der Waals surface area contributed by atoms with Gasteiger partial charge in [0.2, 0.25) is 0 Å². The van der Waals surface area contributed by atoms with Gasteiger partial charge in [0.05, 0.1) is 6.10 Å². The van der Waals surface area contributed by atoms with Crippen molar-refractivity contribution in [2.75, 3.05) is 6.54 Å². The molecule has 86 valence electrons. The van der Waals surface area contributed by atoms with Crippen molar-refractivity contribution in [1.29, 1.82) is 0 Å². The van der Waals surface area contributed by atoms with Crippen molar-refractivity contribution in [3.63, 3.8) is 0 Å². The highest BCUT2D eigenvalue weighted by Gasteiger charge is 2.15. The van der Waals surface area contributed by atoms with E-state index in [1.165, 1.54) is 10.1 Å². The molecular weight excluding hydrogens is 218 g/mol. The summed E-state index contributed by atoms with van der Waals surface area (Å²) < 4.78 is 1.24. The summed E-state index contributed by atoms with van der Waals surface area (Å²) in [6, 6.07) is 8.35. The largest absolute Gasteiger partial charge is 0.387 e. The Labute approximate surface area is 99.9 Å². The average molecular weight is 235 g/mol. The molecule has 0 amide bonds. The monoisotopic (exact) mass is 235 g/mol. The molecule has 0 aliphatic rings. The Hall–Kier alpha value is -0.900. The molecule has 2 N–H and O–H groups in total. The summed E-state index contributed by atoms with van der Waals surface area (Å²) >= 11 is 1.71. The fraction of sp³-hybridized carbons (Fsp3) is 0.385. The Morgan fingerprint density at radius 1 is 1.38 bits per heavy atom. The van der Waals surface area contributed by atoms with Crippen LogP contribution in [0.4, 0.5) is 0 Å². The first-order chi connectivity index (χ1) is 7.72. The van der Waals surface area contributed by atoms with Gasteiger partial charge >= 0.3 is 0 Å².